The lowest BCUT2D eigenvalue weighted by Gasteiger charge is -2.38. The predicted octanol–water partition coefficient (Wildman–Crippen LogP) is 8.96. The molecular formula is C52H72N8O4. The number of piperidine rings is 2. The number of unbranched alkanes of at least 4 members (excludes halogenated alkanes) is 1. The molecule has 8 rings (SSSR count). The largest absolute Gasteiger partial charge is 0.474 e. The van der Waals surface area contributed by atoms with Crippen LogP contribution in [0, 0.1) is 19.8 Å². The van der Waals surface area contributed by atoms with Crippen LogP contribution in [0.1, 0.15) is 114 Å². The van der Waals surface area contributed by atoms with Crippen LogP contribution in [0.15, 0.2) is 83.8 Å². The summed E-state index contributed by atoms with van der Waals surface area (Å²) >= 11 is 0. The monoisotopic (exact) mass is 873 g/mol. The number of amides is 3. The van der Waals surface area contributed by atoms with Crippen molar-refractivity contribution in [2.24, 2.45) is 10.9 Å². The summed E-state index contributed by atoms with van der Waals surface area (Å²) in [6.07, 6.45) is 14.4. The Hall–Kier alpha value is -5.49. The molecule has 5 aliphatic rings. The lowest BCUT2D eigenvalue weighted by atomic mass is 9.90. The van der Waals surface area contributed by atoms with E-state index in [-0.39, 0.29) is 23.6 Å². The molecule has 12 nitrogen and oxygen atoms in total. The number of aromatic nitrogens is 1. The Morgan fingerprint density at radius 1 is 0.984 bits per heavy atom. The first-order valence-corrected chi connectivity index (χ1v) is 23.8. The molecule has 2 aromatic carbocycles. The van der Waals surface area contributed by atoms with Crippen molar-refractivity contribution in [1.29, 1.82) is 0 Å². The minimum Gasteiger partial charge on any atom is -0.474 e. The maximum Gasteiger partial charge on any atom is 0.237 e. The minimum absolute atomic E-state index is 0.163. The van der Waals surface area contributed by atoms with E-state index in [4.69, 9.17) is 9.73 Å². The summed E-state index contributed by atoms with van der Waals surface area (Å²) in [6.45, 7) is 23.8. The Bertz CT molecular complexity index is 2140. The number of carbonyl (C=O) groups excluding carboxylic acids is 3. The van der Waals surface area contributed by atoms with Gasteiger partial charge in [-0.15, -0.1) is 0 Å². The number of aryl methyl sites for hydroxylation is 1. The molecule has 3 unspecified atom stereocenters. The van der Waals surface area contributed by atoms with E-state index in [1.54, 1.807) is 0 Å². The quantitative estimate of drug-likeness (QED) is 0.171. The third-order valence-electron chi connectivity index (χ3n) is 13.3. The summed E-state index contributed by atoms with van der Waals surface area (Å²) in [6, 6.07) is 16.7. The van der Waals surface area contributed by atoms with E-state index in [1.807, 2.05) is 66.6 Å². The van der Waals surface area contributed by atoms with Crippen molar-refractivity contribution in [3.8, 4) is 5.88 Å². The molecule has 12 heteroatoms. The average Bonchev–Trinajstić information content (AvgIpc) is 3.80. The number of nitrogens with zero attached hydrogens (tertiary/aromatic N) is 5. The van der Waals surface area contributed by atoms with E-state index in [1.165, 1.54) is 44.1 Å². The highest BCUT2D eigenvalue weighted by atomic mass is 16.5. The molecule has 0 spiro atoms. The molecule has 64 heavy (non-hydrogen) atoms. The van der Waals surface area contributed by atoms with Gasteiger partial charge in [0, 0.05) is 63.0 Å². The number of benzene rings is 2. The maximum atomic E-state index is 13.1. The van der Waals surface area contributed by atoms with Crippen molar-refractivity contribution in [3.05, 3.63) is 101 Å². The fourth-order valence-corrected chi connectivity index (χ4v) is 9.25. The standard InChI is InChI=1S/C36H49N7O2.C12H13NO2.C4H10/c1-5-27-9-12-31(21-27)41-16-18-42(19-17-41)34(44)22-28-7-10-30(11-8-28)39-26(4)40-32-24-43(15-13-29(32)6-2)33-23-38-36-35(25(33)3)37-14-20-45-36;1-8-3-2-4-9(7-8)10-5-6-11(14)13-12(10)15;1-3-4-2/h6-8,10-11,23,27,31,37,39H,4-5,9,12-22,24H2,1-3H3;2-4,7,10H,5-6H2,1H3,(H,13,14,15);3-4H2,1-2H3/b29-6-,40-32-;;. The molecule has 1 saturated carbocycles. The molecule has 1 aliphatic carbocycles. The van der Waals surface area contributed by atoms with Crippen molar-refractivity contribution >= 4 is 40.5 Å². The summed E-state index contributed by atoms with van der Waals surface area (Å²) in [5.41, 5.74) is 9.54. The minimum atomic E-state index is -0.170. The summed E-state index contributed by atoms with van der Waals surface area (Å²) in [4.78, 5) is 52.2. The number of imide groups is 1. The smallest absolute Gasteiger partial charge is 0.237 e. The summed E-state index contributed by atoms with van der Waals surface area (Å²) in [7, 11) is 0. The molecule has 4 fully saturated rings. The van der Waals surface area contributed by atoms with Gasteiger partial charge < -0.3 is 25.2 Å². The van der Waals surface area contributed by atoms with E-state index in [0.29, 0.717) is 44.1 Å². The summed E-state index contributed by atoms with van der Waals surface area (Å²) in [5.74, 6) is 1.88. The molecule has 5 heterocycles. The second-order valence-electron chi connectivity index (χ2n) is 17.8. The zero-order chi connectivity index (χ0) is 45.6. The predicted molar refractivity (Wildman–Crippen MR) is 260 cm³/mol. The molecule has 3 saturated heterocycles. The number of piperazine rings is 1. The van der Waals surface area contributed by atoms with Crippen molar-refractivity contribution in [1.82, 2.24) is 20.1 Å². The van der Waals surface area contributed by atoms with Crippen LogP contribution >= 0.6 is 0 Å². The molecule has 0 bridgehead atoms. The molecule has 4 aliphatic heterocycles. The first-order chi connectivity index (χ1) is 31.0. The topological polar surface area (TPSA) is 131 Å². The Kier molecular flexibility index (Phi) is 17.6. The first-order valence-electron chi connectivity index (χ1n) is 23.8. The highest BCUT2D eigenvalue weighted by molar-refractivity contribution is 6.05. The SMILES string of the molecule is C=C(/N=C1/CN(c2cnc3c(c2C)NCCO3)CC/C1=C/C)Nc1ccc(CC(=O)N2CCN(C3CCC(CC)C3)CC2)cc1.CCCC.Cc1cccc(C2CCC(=O)NC2=O)c1. The molecule has 1 aromatic heterocycles. The van der Waals surface area contributed by atoms with E-state index in [0.717, 1.165) is 103 Å². The number of anilines is 3. The highest BCUT2D eigenvalue weighted by Gasteiger charge is 2.32. The van der Waals surface area contributed by atoms with Crippen molar-refractivity contribution in [2.75, 3.05) is 68.0 Å². The van der Waals surface area contributed by atoms with Gasteiger partial charge in [-0.25, -0.2) is 9.98 Å². The van der Waals surface area contributed by atoms with Gasteiger partial charge in [-0.05, 0) is 87.6 Å². The Morgan fingerprint density at radius 3 is 2.42 bits per heavy atom. The molecule has 3 aromatic rings. The molecule has 3 atom stereocenters. The average molecular weight is 873 g/mol. The number of carbonyl (C=O) groups is 3. The highest BCUT2D eigenvalue weighted by Crippen LogP contribution is 2.36. The summed E-state index contributed by atoms with van der Waals surface area (Å²) < 4.78 is 5.73. The van der Waals surface area contributed by atoms with Crippen molar-refractivity contribution < 1.29 is 19.1 Å². The number of nitrogens with one attached hydrogen (secondary N) is 3. The van der Waals surface area contributed by atoms with Gasteiger partial charge in [0.2, 0.25) is 23.6 Å². The number of fused-ring (bicyclic) bond motifs is 1. The Labute approximate surface area is 382 Å². The van der Waals surface area contributed by atoms with Gasteiger partial charge in [0.05, 0.1) is 36.5 Å². The lowest BCUT2D eigenvalue weighted by molar-refractivity contribution is -0.134. The zero-order valence-corrected chi connectivity index (χ0v) is 39.3. The Balaban J connectivity index is 0.000000297. The van der Waals surface area contributed by atoms with Gasteiger partial charge in [0.15, 0.2) is 0 Å². The number of aliphatic imine (C=N–C) groups is 1. The lowest BCUT2D eigenvalue weighted by Crippen LogP contribution is -2.51. The zero-order valence-electron chi connectivity index (χ0n) is 39.3. The van der Waals surface area contributed by atoms with Crippen LogP contribution < -0.4 is 25.6 Å². The van der Waals surface area contributed by atoms with E-state index >= 15 is 0 Å². The van der Waals surface area contributed by atoms with Crippen LogP contribution in [0.3, 0.4) is 0 Å². The second kappa shape index (κ2) is 23.4. The number of hydrogen-bond donors (Lipinski definition) is 3. The van der Waals surface area contributed by atoms with Crippen LogP contribution in [0.2, 0.25) is 0 Å². The third kappa shape index (κ3) is 12.8. The fourth-order valence-electron chi connectivity index (χ4n) is 9.25. The van der Waals surface area contributed by atoms with Gasteiger partial charge in [0.1, 0.15) is 18.1 Å². The van der Waals surface area contributed by atoms with E-state index in [2.05, 4.69) is 78.0 Å². The number of pyridine rings is 1. The van der Waals surface area contributed by atoms with Gasteiger partial charge in [0.25, 0.3) is 0 Å². The van der Waals surface area contributed by atoms with Crippen LogP contribution in [0.5, 0.6) is 5.88 Å². The van der Waals surface area contributed by atoms with Crippen LogP contribution in [-0.2, 0) is 20.8 Å². The molecular weight excluding hydrogens is 801 g/mol. The van der Waals surface area contributed by atoms with Crippen molar-refractivity contribution in [2.45, 2.75) is 118 Å². The molecule has 0 radical (unpaired) electrons. The van der Waals surface area contributed by atoms with Crippen LogP contribution in [0.25, 0.3) is 0 Å². The number of ether oxygens (including phenoxy) is 1. The van der Waals surface area contributed by atoms with Crippen LogP contribution in [0.4, 0.5) is 17.1 Å². The fraction of sp³-hybridized carbons (Fsp3) is 0.519. The van der Waals surface area contributed by atoms with E-state index < -0.39 is 0 Å². The summed E-state index contributed by atoms with van der Waals surface area (Å²) in [5, 5.41) is 9.17. The molecule has 3 amide bonds. The van der Waals surface area contributed by atoms with Gasteiger partial charge in [-0.1, -0.05) is 94.7 Å². The van der Waals surface area contributed by atoms with Gasteiger partial charge in [-0.3, -0.25) is 24.6 Å². The van der Waals surface area contributed by atoms with Crippen LogP contribution in [-0.4, -0.2) is 96.7 Å². The van der Waals surface area contributed by atoms with Crippen molar-refractivity contribution in [3.63, 3.8) is 0 Å². The first kappa shape index (κ1) is 48.0. The molecule has 344 valence electrons. The van der Waals surface area contributed by atoms with E-state index in [9.17, 15) is 14.4 Å². The van der Waals surface area contributed by atoms with Gasteiger partial charge in [-0.2, -0.15) is 0 Å². The third-order valence-corrected chi connectivity index (χ3v) is 13.3. The Morgan fingerprint density at radius 2 is 1.75 bits per heavy atom. The maximum absolute atomic E-state index is 13.1. The van der Waals surface area contributed by atoms with Gasteiger partial charge >= 0.3 is 0 Å². The number of allylic oxidation sites excluding steroid dienone is 1. The number of hydrogen-bond acceptors (Lipinski definition) is 10. The normalized spacial score (nSPS) is 22.2. The second-order valence-corrected chi connectivity index (χ2v) is 17.8. The molecule has 3 N–H and O–H groups in total. The number of rotatable bonds is 10.